The van der Waals surface area contributed by atoms with Gasteiger partial charge in [0.1, 0.15) is 5.75 Å². The minimum Gasteiger partial charge on any atom is -0.477 e. The lowest BCUT2D eigenvalue weighted by Crippen LogP contribution is -2.50. The Hall–Kier alpha value is -2.34. The van der Waals surface area contributed by atoms with Gasteiger partial charge >= 0.3 is 0 Å². The normalized spacial score (nSPS) is 21.4. The number of thiophene rings is 1. The fourth-order valence-electron chi connectivity index (χ4n) is 3.67. The number of hydrogen-bond acceptors (Lipinski definition) is 4. The van der Waals surface area contributed by atoms with E-state index >= 15 is 0 Å². The first kappa shape index (κ1) is 17.1. The summed E-state index contributed by atoms with van der Waals surface area (Å²) in [7, 11) is 1.58. The highest BCUT2D eigenvalue weighted by Crippen LogP contribution is 2.37. The van der Waals surface area contributed by atoms with Gasteiger partial charge in [-0.15, -0.1) is 11.3 Å². The van der Waals surface area contributed by atoms with Crippen molar-refractivity contribution in [2.75, 3.05) is 18.5 Å². The second-order valence-electron chi connectivity index (χ2n) is 7.01. The van der Waals surface area contributed by atoms with Crippen LogP contribution in [0.5, 0.6) is 5.75 Å². The monoisotopic (exact) mass is 370 g/mol. The van der Waals surface area contributed by atoms with E-state index in [9.17, 15) is 9.59 Å². The Balaban J connectivity index is 1.67. The molecule has 0 unspecified atom stereocenters. The van der Waals surface area contributed by atoms with Crippen LogP contribution in [0.2, 0.25) is 0 Å². The molecule has 0 fully saturated rings. The molecule has 26 heavy (non-hydrogen) atoms. The van der Waals surface area contributed by atoms with Crippen molar-refractivity contribution >= 4 is 28.8 Å². The van der Waals surface area contributed by atoms with E-state index in [1.807, 2.05) is 24.3 Å². The Morgan fingerprint density at radius 2 is 2.12 bits per heavy atom. The van der Waals surface area contributed by atoms with Gasteiger partial charge in [0.25, 0.3) is 11.8 Å². The van der Waals surface area contributed by atoms with Gasteiger partial charge in [-0.2, -0.15) is 0 Å². The van der Waals surface area contributed by atoms with E-state index in [1.54, 1.807) is 29.4 Å². The number of ether oxygens (including phenoxy) is 1. The van der Waals surface area contributed by atoms with Crippen LogP contribution in [-0.4, -0.2) is 31.5 Å². The summed E-state index contributed by atoms with van der Waals surface area (Å²) in [5.41, 5.74) is 2.03. The molecule has 4 rings (SSSR count). The Kier molecular flexibility index (Phi) is 4.44. The summed E-state index contributed by atoms with van der Waals surface area (Å²) in [5.74, 6) is 0.954. The molecule has 6 heteroatoms. The molecule has 0 radical (unpaired) electrons. The Morgan fingerprint density at radius 3 is 2.92 bits per heavy atom. The van der Waals surface area contributed by atoms with Gasteiger partial charge in [-0.1, -0.05) is 19.1 Å². The van der Waals surface area contributed by atoms with Crippen molar-refractivity contribution in [1.29, 1.82) is 0 Å². The first-order valence-electron chi connectivity index (χ1n) is 8.97. The van der Waals surface area contributed by atoms with Gasteiger partial charge in [-0.25, -0.2) is 0 Å². The molecule has 1 aromatic carbocycles. The molecule has 136 valence electrons. The van der Waals surface area contributed by atoms with Gasteiger partial charge in [0.2, 0.25) is 0 Å². The van der Waals surface area contributed by atoms with Crippen LogP contribution in [-0.2, 0) is 17.6 Å². The second kappa shape index (κ2) is 6.76. The number of anilines is 1. The highest BCUT2D eigenvalue weighted by molar-refractivity contribution is 7.14. The number of rotatable bonds is 2. The van der Waals surface area contributed by atoms with E-state index in [0.29, 0.717) is 11.7 Å². The number of benzene rings is 1. The van der Waals surface area contributed by atoms with Crippen LogP contribution in [0.4, 0.5) is 5.69 Å². The van der Waals surface area contributed by atoms with Gasteiger partial charge in [0.15, 0.2) is 6.10 Å². The van der Waals surface area contributed by atoms with Crippen LogP contribution in [0.1, 0.15) is 33.5 Å². The lowest BCUT2D eigenvalue weighted by Gasteiger charge is -2.33. The summed E-state index contributed by atoms with van der Waals surface area (Å²) in [5, 5.41) is 2.61. The number of fused-ring (bicyclic) bond motifs is 2. The van der Waals surface area contributed by atoms with Crippen LogP contribution in [0.3, 0.4) is 0 Å². The largest absolute Gasteiger partial charge is 0.477 e. The molecular weight excluding hydrogens is 348 g/mol. The minimum absolute atomic E-state index is 0.0540. The Labute approximate surface area is 157 Å². The van der Waals surface area contributed by atoms with E-state index in [2.05, 4.69) is 12.2 Å². The summed E-state index contributed by atoms with van der Waals surface area (Å²) in [6.07, 6.45) is 2.57. The summed E-state index contributed by atoms with van der Waals surface area (Å²) in [6, 6.07) is 9.43. The minimum atomic E-state index is -0.701. The van der Waals surface area contributed by atoms with Crippen LogP contribution in [0.25, 0.3) is 0 Å². The molecule has 0 bridgehead atoms. The number of carbonyl (C=O) groups is 2. The molecule has 1 aromatic heterocycles. The third-order valence-electron chi connectivity index (χ3n) is 5.10. The summed E-state index contributed by atoms with van der Waals surface area (Å²) >= 11 is 1.60. The van der Waals surface area contributed by atoms with Crippen LogP contribution >= 0.6 is 11.3 Å². The van der Waals surface area contributed by atoms with E-state index in [-0.39, 0.29) is 18.4 Å². The molecular formula is C20H22N2O3S. The molecule has 1 aliphatic carbocycles. The smallest absolute Gasteiger partial charge is 0.268 e. The van der Waals surface area contributed by atoms with Crippen molar-refractivity contribution in [3.05, 3.63) is 45.6 Å². The zero-order valence-corrected chi connectivity index (χ0v) is 15.8. The maximum atomic E-state index is 13.3. The molecule has 2 aromatic rings. The number of nitrogens with one attached hydrogen (secondary N) is 1. The molecule has 2 aliphatic rings. The molecule has 0 saturated heterocycles. The molecule has 1 aliphatic heterocycles. The fraction of sp³-hybridized carbons (Fsp3) is 0.400. The standard InChI is InChI=1S/C20H22N2O3S/c1-12-7-8-17-13(9-12)10-18(26-17)20(24)22-11-16(19(23)21-2)25-15-6-4-3-5-14(15)22/h3-6,10,12,16H,7-9,11H2,1-2H3,(H,21,23)/t12-,16+/m1/s1. The predicted molar refractivity (Wildman–Crippen MR) is 102 cm³/mol. The highest BCUT2D eigenvalue weighted by Gasteiger charge is 2.34. The third-order valence-corrected chi connectivity index (χ3v) is 6.32. The zero-order valence-electron chi connectivity index (χ0n) is 15.0. The maximum Gasteiger partial charge on any atom is 0.268 e. The summed E-state index contributed by atoms with van der Waals surface area (Å²) in [4.78, 5) is 29.1. The number of carbonyl (C=O) groups excluding carboxylic acids is 2. The number of amides is 2. The molecule has 5 nitrogen and oxygen atoms in total. The van der Waals surface area contributed by atoms with Gasteiger partial charge < -0.3 is 10.1 Å². The summed E-state index contributed by atoms with van der Waals surface area (Å²) in [6.45, 7) is 2.47. The first-order valence-corrected chi connectivity index (χ1v) is 9.79. The average Bonchev–Trinajstić information content (AvgIpc) is 3.09. The van der Waals surface area contributed by atoms with Gasteiger partial charge in [0, 0.05) is 11.9 Å². The van der Waals surface area contributed by atoms with E-state index in [4.69, 9.17) is 4.74 Å². The number of hydrogen-bond donors (Lipinski definition) is 1. The number of nitrogens with zero attached hydrogens (tertiary/aromatic N) is 1. The number of aryl methyl sites for hydroxylation is 1. The van der Waals surface area contributed by atoms with Crippen molar-refractivity contribution in [3.63, 3.8) is 0 Å². The fourth-order valence-corrected chi connectivity index (χ4v) is 4.83. The first-order chi connectivity index (χ1) is 12.6. The molecule has 0 saturated carbocycles. The van der Waals surface area contributed by atoms with Crippen LogP contribution in [0.15, 0.2) is 30.3 Å². The molecule has 2 heterocycles. The van der Waals surface area contributed by atoms with Crippen molar-refractivity contribution in [3.8, 4) is 5.75 Å². The third kappa shape index (κ3) is 2.98. The van der Waals surface area contributed by atoms with Crippen molar-refractivity contribution in [1.82, 2.24) is 5.32 Å². The Morgan fingerprint density at radius 1 is 1.31 bits per heavy atom. The number of para-hydroxylation sites is 2. The van der Waals surface area contributed by atoms with E-state index < -0.39 is 6.10 Å². The van der Waals surface area contributed by atoms with E-state index in [1.165, 1.54) is 16.9 Å². The molecule has 2 atom stereocenters. The zero-order chi connectivity index (χ0) is 18.3. The van der Waals surface area contributed by atoms with Gasteiger partial charge in [-0.05, 0) is 48.9 Å². The highest BCUT2D eigenvalue weighted by atomic mass is 32.1. The Bertz CT molecular complexity index is 860. The van der Waals surface area contributed by atoms with Gasteiger partial charge in [0.05, 0.1) is 17.1 Å². The van der Waals surface area contributed by atoms with Crippen molar-refractivity contribution < 1.29 is 14.3 Å². The molecule has 2 amide bonds. The maximum absolute atomic E-state index is 13.3. The SMILES string of the molecule is CNC(=O)[C@@H]1CN(C(=O)c2cc3c(s2)CC[C@@H](C)C3)c2ccccc2O1. The average molecular weight is 370 g/mol. The summed E-state index contributed by atoms with van der Waals surface area (Å²) < 4.78 is 5.79. The second-order valence-corrected chi connectivity index (χ2v) is 8.15. The lowest BCUT2D eigenvalue weighted by molar-refractivity contribution is -0.127. The topological polar surface area (TPSA) is 58.6 Å². The number of likely N-dealkylation sites (N-methyl/N-ethyl adjacent to an activating group) is 1. The van der Waals surface area contributed by atoms with Crippen molar-refractivity contribution in [2.45, 2.75) is 32.3 Å². The molecule has 1 N–H and O–H groups in total. The predicted octanol–water partition coefficient (Wildman–Crippen LogP) is 3.03. The van der Waals surface area contributed by atoms with Crippen molar-refractivity contribution in [2.24, 2.45) is 5.92 Å². The van der Waals surface area contributed by atoms with E-state index in [0.717, 1.165) is 23.4 Å². The van der Waals surface area contributed by atoms with Gasteiger partial charge in [-0.3, -0.25) is 14.5 Å². The lowest BCUT2D eigenvalue weighted by atomic mass is 9.90. The molecule has 0 spiro atoms. The quantitative estimate of drug-likeness (QED) is 0.884. The van der Waals surface area contributed by atoms with Crippen LogP contribution < -0.4 is 15.0 Å². The van der Waals surface area contributed by atoms with Crippen LogP contribution in [0, 0.1) is 5.92 Å².